The lowest BCUT2D eigenvalue weighted by molar-refractivity contribution is 0.360. The second kappa shape index (κ2) is 3.98. The van der Waals surface area contributed by atoms with Gasteiger partial charge in [0.2, 0.25) is 0 Å². The Labute approximate surface area is 96.9 Å². The lowest BCUT2D eigenvalue weighted by atomic mass is 9.97. The van der Waals surface area contributed by atoms with Crippen LogP contribution in [0.2, 0.25) is 0 Å². The number of benzene rings is 1. The minimum absolute atomic E-state index is 0.126. The molecule has 2 rings (SSSR count). The maximum atomic E-state index is 9.46. The molecular formula is C13H20N2O. The van der Waals surface area contributed by atoms with Crippen LogP contribution in [0.5, 0.6) is 5.75 Å². The molecule has 3 heteroatoms. The van der Waals surface area contributed by atoms with E-state index in [1.807, 2.05) is 12.1 Å². The van der Waals surface area contributed by atoms with Crippen molar-refractivity contribution in [2.24, 2.45) is 0 Å². The molecule has 3 N–H and O–H groups in total. The predicted molar refractivity (Wildman–Crippen MR) is 67.0 cm³/mol. The third-order valence-electron chi connectivity index (χ3n) is 2.73. The van der Waals surface area contributed by atoms with Crippen molar-refractivity contribution in [2.45, 2.75) is 38.8 Å². The van der Waals surface area contributed by atoms with Crippen molar-refractivity contribution in [1.82, 2.24) is 5.32 Å². The number of nitrogens with one attached hydrogen (secondary N) is 2. The number of fused-ring (bicyclic) bond motifs is 1. The Bertz CT molecular complexity index is 382. The van der Waals surface area contributed by atoms with Gasteiger partial charge in [-0.2, -0.15) is 0 Å². The Morgan fingerprint density at radius 3 is 2.81 bits per heavy atom. The fourth-order valence-corrected chi connectivity index (χ4v) is 2.21. The summed E-state index contributed by atoms with van der Waals surface area (Å²) < 4.78 is 0. The van der Waals surface area contributed by atoms with Gasteiger partial charge in [0, 0.05) is 23.8 Å². The quantitative estimate of drug-likeness (QED) is 0.635. The van der Waals surface area contributed by atoms with Gasteiger partial charge in [0.25, 0.3) is 0 Å². The molecule has 1 aliphatic heterocycles. The Balaban J connectivity index is 2.11. The van der Waals surface area contributed by atoms with Crippen LogP contribution in [0.15, 0.2) is 18.2 Å². The smallest absolute Gasteiger partial charge is 0.116 e. The molecule has 0 amide bonds. The van der Waals surface area contributed by atoms with E-state index in [2.05, 4.69) is 31.4 Å². The number of rotatable bonds is 1. The van der Waals surface area contributed by atoms with Gasteiger partial charge in [-0.05, 0) is 51.0 Å². The van der Waals surface area contributed by atoms with E-state index in [4.69, 9.17) is 0 Å². The summed E-state index contributed by atoms with van der Waals surface area (Å²) in [5.41, 5.74) is 2.46. The van der Waals surface area contributed by atoms with Crippen LogP contribution in [0.25, 0.3) is 0 Å². The molecule has 1 atom stereocenters. The lowest BCUT2D eigenvalue weighted by Gasteiger charge is -2.33. The molecule has 1 aromatic carbocycles. The molecule has 1 heterocycles. The highest BCUT2D eigenvalue weighted by molar-refractivity contribution is 5.56. The van der Waals surface area contributed by atoms with Gasteiger partial charge in [0.15, 0.2) is 0 Å². The molecule has 0 aromatic heterocycles. The highest BCUT2D eigenvalue weighted by Gasteiger charge is 2.22. The topological polar surface area (TPSA) is 44.3 Å². The number of aromatic hydroxyl groups is 1. The highest BCUT2D eigenvalue weighted by Crippen LogP contribution is 2.26. The molecule has 1 unspecified atom stereocenters. The normalized spacial score (nSPS) is 20.1. The Kier molecular flexibility index (Phi) is 2.80. The molecule has 3 nitrogen and oxygen atoms in total. The molecule has 0 radical (unpaired) electrons. The van der Waals surface area contributed by atoms with Crippen LogP contribution in [-0.2, 0) is 6.42 Å². The second-order valence-corrected chi connectivity index (χ2v) is 5.52. The molecule has 1 aromatic rings. The van der Waals surface area contributed by atoms with Crippen molar-refractivity contribution < 1.29 is 5.11 Å². The predicted octanol–water partition coefficient (Wildman–Crippen LogP) is 2.12. The number of hydrogen-bond acceptors (Lipinski definition) is 3. The third kappa shape index (κ3) is 2.67. The Hall–Kier alpha value is -1.22. The molecule has 0 aliphatic carbocycles. The van der Waals surface area contributed by atoms with Gasteiger partial charge in [0.1, 0.15) is 5.75 Å². The summed E-state index contributed by atoms with van der Waals surface area (Å²) in [6, 6.07) is 5.94. The van der Waals surface area contributed by atoms with E-state index in [1.54, 1.807) is 6.07 Å². The SMILES string of the molecule is CC(C)(C)NC1CNc2ccc(O)cc2C1. The molecule has 88 valence electrons. The van der Waals surface area contributed by atoms with E-state index in [1.165, 1.54) is 5.56 Å². The first-order valence-electron chi connectivity index (χ1n) is 5.77. The molecular weight excluding hydrogens is 200 g/mol. The lowest BCUT2D eigenvalue weighted by Crippen LogP contribution is -2.49. The first-order valence-corrected chi connectivity index (χ1v) is 5.77. The van der Waals surface area contributed by atoms with Crippen LogP contribution in [-0.4, -0.2) is 23.2 Å². The van der Waals surface area contributed by atoms with Gasteiger partial charge in [0.05, 0.1) is 0 Å². The van der Waals surface area contributed by atoms with E-state index >= 15 is 0 Å². The maximum Gasteiger partial charge on any atom is 0.116 e. The minimum Gasteiger partial charge on any atom is -0.508 e. The Morgan fingerprint density at radius 2 is 2.12 bits per heavy atom. The highest BCUT2D eigenvalue weighted by atomic mass is 16.3. The number of phenolic OH excluding ortho intramolecular Hbond substituents is 1. The van der Waals surface area contributed by atoms with Crippen molar-refractivity contribution in [3.63, 3.8) is 0 Å². The number of anilines is 1. The average molecular weight is 220 g/mol. The first-order chi connectivity index (χ1) is 7.44. The molecule has 0 saturated carbocycles. The summed E-state index contributed by atoms with van der Waals surface area (Å²) in [5.74, 6) is 0.344. The Morgan fingerprint density at radius 1 is 1.38 bits per heavy atom. The standard InChI is InChI=1S/C13H20N2O/c1-13(2,3)15-10-6-9-7-11(16)4-5-12(9)14-8-10/h4-5,7,10,14-16H,6,8H2,1-3H3. The van der Waals surface area contributed by atoms with Crippen LogP contribution >= 0.6 is 0 Å². The van der Waals surface area contributed by atoms with Crippen LogP contribution in [0, 0.1) is 0 Å². The average Bonchev–Trinajstić information content (AvgIpc) is 2.14. The van der Waals surface area contributed by atoms with Gasteiger partial charge in [-0.3, -0.25) is 0 Å². The van der Waals surface area contributed by atoms with Crippen molar-refractivity contribution in [2.75, 3.05) is 11.9 Å². The van der Waals surface area contributed by atoms with Gasteiger partial charge < -0.3 is 15.7 Å². The van der Waals surface area contributed by atoms with Crippen molar-refractivity contribution in [3.8, 4) is 5.75 Å². The van der Waals surface area contributed by atoms with Crippen LogP contribution in [0.3, 0.4) is 0 Å². The van der Waals surface area contributed by atoms with Crippen LogP contribution < -0.4 is 10.6 Å². The van der Waals surface area contributed by atoms with Crippen LogP contribution in [0.1, 0.15) is 26.3 Å². The summed E-state index contributed by atoms with van der Waals surface area (Å²) in [5, 5.41) is 16.4. The van der Waals surface area contributed by atoms with E-state index < -0.39 is 0 Å². The fraction of sp³-hybridized carbons (Fsp3) is 0.538. The molecule has 0 fully saturated rings. The zero-order valence-corrected chi connectivity index (χ0v) is 10.2. The molecule has 0 bridgehead atoms. The van der Waals surface area contributed by atoms with Gasteiger partial charge >= 0.3 is 0 Å². The van der Waals surface area contributed by atoms with E-state index in [9.17, 15) is 5.11 Å². The monoisotopic (exact) mass is 220 g/mol. The zero-order valence-electron chi connectivity index (χ0n) is 10.2. The van der Waals surface area contributed by atoms with Crippen LogP contribution in [0.4, 0.5) is 5.69 Å². The third-order valence-corrected chi connectivity index (χ3v) is 2.73. The summed E-state index contributed by atoms with van der Waals surface area (Å²) in [7, 11) is 0. The van der Waals surface area contributed by atoms with E-state index in [0.717, 1.165) is 18.7 Å². The van der Waals surface area contributed by atoms with Crippen molar-refractivity contribution in [3.05, 3.63) is 23.8 Å². The molecule has 16 heavy (non-hydrogen) atoms. The second-order valence-electron chi connectivity index (χ2n) is 5.52. The number of hydrogen-bond donors (Lipinski definition) is 3. The first kappa shape index (κ1) is 11.3. The molecule has 0 spiro atoms. The number of phenols is 1. The van der Waals surface area contributed by atoms with Gasteiger partial charge in [-0.15, -0.1) is 0 Å². The summed E-state index contributed by atoms with van der Waals surface area (Å²) in [6.45, 7) is 7.45. The largest absolute Gasteiger partial charge is 0.508 e. The summed E-state index contributed by atoms with van der Waals surface area (Å²) >= 11 is 0. The van der Waals surface area contributed by atoms with Crippen molar-refractivity contribution >= 4 is 5.69 Å². The summed E-state index contributed by atoms with van der Waals surface area (Å²) in [4.78, 5) is 0. The van der Waals surface area contributed by atoms with Gasteiger partial charge in [-0.1, -0.05) is 0 Å². The molecule has 0 saturated heterocycles. The van der Waals surface area contributed by atoms with Gasteiger partial charge in [-0.25, -0.2) is 0 Å². The van der Waals surface area contributed by atoms with E-state index in [-0.39, 0.29) is 5.54 Å². The fourth-order valence-electron chi connectivity index (χ4n) is 2.21. The minimum atomic E-state index is 0.126. The molecule has 1 aliphatic rings. The van der Waals surface area contributed by atoms with Crippen molar-refractivity contribution in [1.29, 1.82) is 0 Å². The zero-order chi connectivity index (χ0) is 11.8. The van der Waals surface area contributed by atoms with E-state index in [0.29, 0.717) is 11.8 Å². The maximum absolute atomic E-state index is 9.46. The summed E-state index contributed by atoms with van der Waals surface area (Å²) in [6.07, 6.45) is 0.966.